The van der Waals surface area contributed by atoms with Gasteiger partial charge >= 0.3 is 5.97 Å². The summed E-state index contributed by atoms with van der Waals surface area (Å²) in [6.07, 6.45) is 0.0390. The predicted octanol–water partition coefficient (Wildman–Crippen LogP) is 3.48. The number of halogens is 3. The first-order valence-corrected chi connectivity index (χ1v) is 10.6. The molecule has 0 saturated heterocycles. The van der Waals surface area contributed by atoms with Gasteiger partial charge in [-0.05, 0) is 31.2 Å². The fourth-order valence-electron chi connectivity index (χ4n) is 2.03. The number of amides is 1. The molecule has 1 atom stereocenters. The number of sulfonamides is 1. The van der Waals surface area contributed by atoms with Crippen molar-refractivity contribution in [3.8, 4) is 0 Å². The maximum Gasteiger partial charge on any atom is 0.340 e. The van der Waals surface area contributed by atoms with E-state index in [1.54, 1.807) is 0 Å². The van der Waals surface area contributed by atoms with Crippen molar-refractivity contribution in [3.05, 3.63) is 51.1 Å². The Morgan fingerprint density at radius 1 is 1.14 bits per heavy atom. The number of esters is 1. The number of nitrogens with zero attached hydrogens (tertiary/aromatic N) is 2. The van der Waals surface area contributed by atoms with Crippen LogP contribution in [0.1, 0.15) is 17.3 Å². The third-order valence-corrected chi connectivity index (χ3v) is 6.27. The van der Waals surface area contributed by atoms with Crippen molar-refractivity contribution in [3.63, 3.8) is 0 Å². The zero-order chi connectivity index (χ0) is 21.9. The lowest BCUT2D eigenvalue weighted by molar-refractivity contribution is -0.123. The van der Waals surface area contributed by atoms with Crippen molar-refractivity contribution < 1.29 is 22.7 Å². The third kappa shape index (κ3) is 5.58. The first-order chi connectivity index (χ1) is 13.4. The van der Waals surface area contributed by atoms with Gasteiger partial charge in [0, 0.05) is 20.3 Å². The summed E-state index contributed by atoms with van der Waals surface area (Å²) in [5.74, 6) is -1.63. The molecule has 1 aromatic heterocycles. The predicted molar refractivity (Wildman–Crippen MR) is 110 cm³/mol. The maximum absolute atomic E-state index is 12.4. The largest absolute Gasteiger partial charge is 0.449 e. The number of anilines is 1. The fourth-order valence-corrected chi connectivity index (χ4v) is 3.58. The molecule has 2 rings (SSSR count). The summed E-state index contributed by atoms with van der Waals surface area (Å²) < 4.78 is 30.6. The Hall–Kier alpha value is -1.91. The van der Waals surface area contributed by atoms with E-state index in [0.717, 1.165) is 10.4 Å². The van der Waals surface area contributed by atoms with Gasteiger partial charge in [-0.1, -0.05) is 34.8 Å². The summed E-state index contributed by atoms with van der Waals surface area (Å²) in [6, 6.07) is 5.00. The lowest BCUT2D eigenvalue weighted by atomic mass is 10.2. The van der Waals surface area contributed by atoms with Crippen molar-refractivity contribution in [2.75, 3.05) is 19.4 Å². The Morgan fingerprint density at radius 2 is 1.79 bits per heavy atom. The second-order valence-electron chi connectivity index (χ2n) is 5.95. The second-order valence-corrected chi connectivity index (χ2v) is 9.35. The molecule has 1 aromatic carbocycles. The highest BCUT2D eigenvalue weighted by molar-refractivity contribution is 7.89. The number of pyridine rings is 1. The van der Waals surface area contributed by atoms with Gasteiger partial charge in [-0.3, -0.25) is 4.79 Å². The van der Waals surface area contributed by atoms with Crippen LogP contribution in [0.5, 0.6) is 0 Å². The van der Waals surface area contributed by atoms with Crippen molar-refractivity contribution >= 4 is 62.5 Å². The smallest absolute Gasteiger partial charge is 0.340 e. The molecule has 0 radical (unpaired) electrons. The van der Waals surface area contributed by atoms with Crippen LogP contribution in [0.25, 0.3) is 0 Å². The molecule has 0 fully saturated rings. The molecule has 1 heterocycles. The van der Waals surface area contributed by atoms with Gasteiger partial charge in [0.05, 0.1) is 25.5 Å². The summed E-state index contributed by atoms with van der Waals surface area (Å²) in [7, 11) is -1.09. The number of hydrogen-bond acceptors (Lipinski definition) is 6. The van der Waals surface area contributed by atoms with Crippen molar-refractivity contribution in [2.45, 2.75) is 17.9 Å². The Bertz CT molecular complexity index is 1060. The number of benzene rings is 1. The van der Waals surface area contributed by atoms with Crippen LogP contribution in [0.4, 0.5) is 5.82 Å². The minimum absolute atomic E-state index is 0.0253. The average Bonchev–Trinajstić information content (AvgIpc) is 2.63. The Labute approximate surface area is 182 Å². The Kier molecular flexibility index (Phi) is 7.47. The highest BCUT2D eigenvalue weighted by Gasteiger charge is 2.25. The summed E-state index contributed by atoms with van der Waals surface area (Å²) >= 11 is 17.7. The van der Waals surface area contributed by atoms with Crippen LogP contribution in [0, 0.1) is 0 Å². The molecule has 2 aromatic rings. The van der Waals surface area contributed by atoms with Gasteiger partial charge in [0.25, 0.3) is 5.91 Å². The lowest BCUT2D eigenvalue weighted by Crippen LogP contribution is -2.30. The molecule has 0 aliphatic rings. The minimum atomic E-state index is -3.79. The van der Waals surface area contributed by atoms with Gasteiger partial charge in [0.1, 0.15) is 0 Å². The van der Waals surface area contributed by atoms with E-state index in [-0.39, 0.29) is 31.3 Å². The van der Waals surface area contributed by atoms with E-state index in [2.05, 4.69) is 10.3 Å². The minimum Gasteiger partial charge on any atom is -0.449 e. The highest BCUT2D eigenvalue weighted by atomic mass is 35.5. The molecule has 0 aliphatic heterocycles. The standard InChI is InChI=1S/C17H16Cl3N3O5S/c1-9(16(24)22-15-14(20)6-10(18)8-21-15)28-17(25)12-7-11(4-5-13(12)19)29(26,27)23(2)3/h4-9H,1-3H3,(H,21,22,24). The molecule has 156 valence electrons. The van der Waals surface area contributed by atoms with Crippen LogP contribution in [0.15, 0.2) is 35.4 Å². The molecule has 1 amide bonds. The molecular formula is C17H16Cl3N3O5S. The number of carbonyl (C=O) groups is 2. The molecule has 1 N–H and O–H groups in total. The molecule has 0 bridgehead atoms. The molecule has 8 nitrogen and oxygen atoms in total. The highest BCUT2D eigenvalue weighted by Crippen LogP contribution is 2.24. The SMILES string of the molecule is CC(OC(=O)c1cc(S(=O)(=O)N(C)C)ccc1Cl)C(=O)Nc1ncc(Cl)cc1Cl. The van der Waals surface area contributed by atoms with E-state index < -0.39 is 28.0 Å². The second kappa shape index (κ2) is 9.27. The quantitative estimate of drug-likeness (QED) is 0.635. The van der Waals surface area contributed by atoms with Gasteiger partial charge in [0.15, 0.2) is 11.9 Å². The van der Waals surface area contributed by atoms with Crippen LogP contribution in [-0.4, -0.2) is 49.8 Å². The van der Waals surface area contributed by atoms with Crippen LogP contribution in [0.2, 0.25) is 15.1 Å². The molecule has 0 aliphatic carbocycles. The topological polar surface area (TPSA) is 106 Å². The number of nitrogens with one attached hydrogen (secondary N) is 1. The molecule has 1 unspecified atom stereocenters. The maximum atomic E-state index is 12.4. The van der Waals surface area contributed by atoms with Crippen molar-refractivity contribution in [1.29, 1.82) is 0 Å². The Balaban J connectivity index is 2.17. The van der Waals surface area contributed by atoms with Crippen LogP contribution in [0.3, 0.4) is 0 Å². The van der Waals surface area contributed by atoms with E-state index >= 15 is 0 Å². The normalized spacial score (nSPS) is 12.5. The zero-order valence-corrected chi connectivity index (χ0v) is 18.5. The summed E-state index contributed by atoms with van der Waals surface area (Å²) in [5, 5.41) is 2.77. The van der Waals surface area contributed by atoms with E-state index in [9.17, 15) is 18.0 Å². The number of hydrogen-bond donors (Lipinski definition) is 1. The molecule has 12 heteroatoms. The Morgan fingerprint density at radius 3 is 2.38 bits per heavy atom. The van der Waals surface area contributed by atoms with Crippen LogP contribution < -0.4 is 5.32 Å². The summed E-state index contributed by atoms with van der Waals surface area (Å²) in [6.45, 7) is 1.32. The number of rotatable bonds is 6. The fraction of sp³-hybridized carbons (Fsp3) is 0.235. The summed E-state index contributed by atoms with van der Waals surface area (Å²) in [4.78, 5) is 28.4. The van der Waals surface area contributed by atoms with E-state index in [1.807, 2.05) is 0 Å². The van der Waals surface area contributed by atoms with E-state index in [4.69, 9.17) is 39.5 Å². The number of ether oxygens (including phenoxy) is 1. The van der Waals surface area contributed by atoms with Gasteiger partial charge in [-0.2, -0.15) is 0 Å². The monoisotopic (exact) mass is 479 g/mol. The molecule has 0 saturated carbocycles. The first-order valence-electron chi connectivity index (χ1n) is 7.98. The number of carbonyl (C=O) groups excluding carboxylic acids is 2. The van der Waals surface area contributed by atoms with Crippen LogP contribution >= 0.6 is 34.8 Å². The summed E-state index contributed by atoms with van der Waals surface area (Å²) in [5.41, 5.74) is -0.197. The van der Waals surface area contributed by atoms with Gasteiger partial charge in [0.2, 0.25) is 10.0 Å². The van der Waals surface area contributed by atoms with Gasteiger partial charge in [-0.15, -0.1) is 0 Å². The average molecular weight is 481 g/mol. The van der Waals surface area contributed by atoms with E-state index in [0.29, 0.717) is 0 Å². The lowest BCUT2D eigenvalue weighted by Gasteiger charge is -2.16. The van der Waals surface area contributed by atoms with E-state index in [1.165, 1.54) is 45.4 Å². The van der Waals surface area contributed by atoms with Crippen LogP contribution in [-0.2, 0) is 19.6 Å². The molecular weight excluding hydrogens is 465 g/mol. The molecule has 0 spiro atoms. The zero-order valence-electron chi connectivity index (χ0n) is 15.4. The van der Waals surface area contributed by atoms with Gasteiger partial charge < -0.3 is 10.1 Å². The molecule has 29 heavy (non-hydrogen) atoms. The van der Waals surface area contributed by atoms with Gasteiger partial charge in [-0.25, -0.2) is 22.5 Å². The number of aromatic nitrogens is 1. The third-order valence-electron chi connectivity index (χ3n) is 3.64. The first kappa shape index (κ1) is 23.4. The van der Waals surface area contributed by atoms with Crippen molar-refractivity contribution in [1.82, 2.24) is 9.29 Å². The van der Waals surface area contributed by atoms with Crippen molar-refractivity contribution in [2.24, 2.45) is 0 Å².